The van der Waals surface area contributed by atoms with Crippen molar-refractivity contribution in [1.82, 2.24) is 19.5 Å². The Hall–Kier alpha value is -2.95. The van der Waals surface area contributed by atoms with Gasteiger partial charge in [-0.3, -0.25) is 4.57 Å². The van der Waals surface area contributed by atoms with Crippen LogP contribution in [0.15, 0.2) is 24.4 Å². The summed E-state index contributed by atoms with van der Waals surface area (Å²) in [5.41, 5.74) is 5.75. The molecule has 3 N–H and O–H groups in total. The first-order chi connectivity index (χ1) is 16.3. The summed E-state index contributed by atoms with van der Waals surface area (Å²) in [7, 11) is 0. The second-order valence-corrected chi connectivity index (χ2v) is 9.11. The summed E-state index contributed by atoms with van der Waals surface area (Å²) < 4.78 is 56.1. The normalized spacial score (nSPS) is 21.4. The molecule has 2 aromatic heterocycles. The molecule has 1 aliphatic carbocycles. The van der Waals surface area contributed by atoms with E-state index in [1.54, 1.807) is 6.20 Å². The molecule has 5 rings (SSSR count). The molecular weight excluding hydrogens is 450 g/mol. The number of alkyl halides is 3. The fourth-order valence-electron chi connectivity index (χ4n) is 4.94. The summed E-state index contributed by atoms with van der Waals surface area (Å²) in [4.78, 5) is 15.9. The molecule has 1 aliphatic heterocycles. The maximum atomic E-state index is 14.5. The highest BCUT2D eigenvalue weighted by molar-refractivity contribution is 5.77. The van der Waals surface area contributed by atoms with Crippen LogP contribution in [0.25, 0.3) is 11.2 Å². The van der Waals surface area contributed by atoms with E-state index in [-0.39, 0.29) is 17.7 Å². The Labute approximate surface area is 194 Å². The predicted molar refractivity (Wildman–Crippen MR) is 122 cm³/mol. The van der Waals surface area contributed by atoms with E-state index in [0.29, 0.717) is 29.6 Å². The molecule has 11 heteroatoms. The molecule has 1 saturated heterocycles. The van der Waals surface area contributed by atoms with E-state index in [9.17, 15) is 17.6 Å². The van der Waals surface area contributed by atoms with Gasteiger partial charge in [-0.05, 0) is 69.2 Å². The molecule has 1 saturated carbocycles. The molecule has 0 spiro atoms. The summed E-state index contributed by atoms with van der Waals surface area (Å²) in [6, 6.07) is 2.33. The molecule has 7 nitrogen and oxygen atoms in total. The van der Waals surface area contributed by atoms with Gasteiger partial charge in [-0.25, -0.2) is 14.4 Å². The van der Waals surface area contributed by atoms with Crippen molar-refractivity contribution in [2.24, 2.45) is 11.7 Å². The summed E-state index contributed by atoms with van der Waals surface area (Å²) in [6.45, 7) is 2.38. The largest absolute Gasteiger partial charge is 0.416 e. The monoisotopic (exact) mass is 477 g/mol. The van der Waals surface area contributed by atoms with Gasteiger partial charge in [-0.1, -0.05) is 0 Å². The number of imidazole rings is 1. The summed E-state index contributed by atoms with van der Waals surface area (Å²) in [5, 5.41) is 2.83. The van der Waals surface area contributed by atoms with E-state index in [4.69, 9.17) is 10.7 Å². The summed E-state index contributed by atoms with van der Waals surface area (Å²) in [6.07, 6.45) is 2.72. The van der Waals surface area contributed by atoms with Crippen LogP contribution in [0.3, 0.4) is 0 Å². The number of nitrogens with zero attached hydrogens (tertiary/aromatic N) is 5. The molecule has 3 aromatic rings. The fraction of sp³-hybridized carbons (Fsp3) is 0.522. The molecule has 34 heavy (non-hydrogen) atoms. The van der Waals surface area contributed by atoms with Gasteiger partial charge in [-0.2, -0.15) is 18.2 Å². The standard InChI is InChI=1S/C23H27F4N7/c24-17-8-5-15(23(25,26)27)11-18(17)30-22-31-19-13-29-21(33-9-1-2-10-33)32-20(19)34(22)16-6-3-14(12-28)4-7-16/h5,8,11,13-14,16H,1-4,6-7,9-10,12,28H2,(H,30,31)/t14-,16+. The van der Waals surface area contributed by atoms with E-state index >= 15 is 0 Å². The van der Waals surface area contributed by atoms with Gasteiger partial charge in [0.05, 0.1) is 17.4 Å². The zero-order chi connectivity index (χ0) is 23.9. The lowest BCUT2D eigenvalue weighted by Crippen LogP contribution is -2.24. The molecule has 2 fully saturated rings. The number of halogens is 4. The van der Waals surface area contributed by atoms with Gasteiger partial charge in [0.25, 0.3) is 0 Å². The number of rotatable bonds is 5. The van der Waals surface area contributed by atoms with Crippen molar-refractivity contribution >= 4 is 28.7 Å². The Kier molecular flexibility index (Phi) is 6.05. The number of hydrogen-bond acceptors (Lipinski definition) is 6. The average molecular weight is 478 g/mol. The van der Waals surface area contributed by atoms with Crippen molar-refractivity contribution in [2.75, 3.05) is 29.9 Å². The van der Waals surface area contributed by atoms with Crippen LogP contribution in [0.2, 0.25) is 0 Å². The Morgan fingerprint density at radius 1 is 1.06 bits per heavy atom. The first-order valence-corrected chi connectivity index (χ1v) is 11.7. The second-order valence-electron chi connectivity index (χ2n) is 9.11. The number of hydrogen-bond donors (Lipinski definition) is 2. The molecule has 0 unspecified atom stereocenters. The maximum absolute atomic E-state index is 14.5. The quantitative estimate of drug-likeness (QED) is 0.502. The van der Waals surface area contributed by atoms with Crippen LogP contribution in [0.4, 0.5) is 35.1 Å². The highest BCUT2D eigenvalue weighted by atomic mass is 19.4. The molecule has 182 valence electrons. The second kappa shape index (κ2) is 9.01. The van der Waals surface area contributed by atoms with Crippen LogP contribution in [0.5, 0.6) is 0 Å². The molecule has 0 atom stereocenters. The van der Waals surface area contributed by atoms with Crippen LogP contribution >= 0.6 is 0 Å². The zero-order valence-corrected chi connectivity index (χ0v) is 18.7. The smallest absolute Gasteiger partial charge is 0.341 e. The topological polar surface area (TPSA) is 84.9 Å². The van der Waals surface area contributed by atoms with E-state index in [1.165, 1.54) is 0 Å². The van der Waals surface area contributed by atoms with E-state index < -0.39 is 17.6 Å². The van der Waals surface area contributed by atoms with Crippen molar-refractivity contribution in [2.45, 2.75) is 50.7 Å². The molecule has 2 aliphatic rings. The number of anilines is 3. The van der Waals surface area contributed by atoms with Gasteiger partial charge >= 0.3 is 6.18 Å². The summed E-state index contributed by atoms with van der Waals surface area (Å²) >= 11 is 0. The molecule has 0 radical (unpaired) electrons. The van der Waals surface area contributed by atoms with Gasteiger partial charge in [0.15, 0.2) is 5.65 Å². The lowest BCUT2D eigenvalue weighted by atomic mass is 9.86. The van der Waals surface area contributed by atoms with Crippen molar-refractivity contribution < 1.29 is 17.6 Å². The molecule has 0 amide bonds. The van der Waals surface area contributed by atoms with Gasteiger partial charge in [-0.15, -0.1) is 0 Å². The SMILES string of the molecule is NC[C@H]1CC[C@@H](n2c(Nc3cc(C(F)(F)F)ccc3F)nc3cnc(N4CCCC4)nc32)CC1. The Bertz CT molecular complexity index is 1160. The third kappa shape index (κ3) is 4.40. The average Bonchev–Trinajstić information content (AvgIpc) is 3.47. The van der Waals surface area contributed by atoms with Crippen LogP contribution in [0, 0.1) is 11.7 Å². The lowest BCUT2D eigenvalue weighted by molar-refractivity contribution is -0.137. The van der Waals surface area contributed by atoms with Crippen molar-refractivity contribution in [3.8, 4) is 0 Å². The number of benzene rings is 1. The van der Waals surface area contributed by atoms with Crippen LogP contribution in [0.1, 0.15) is 50.1 Å². The maximum Gasteiger partial charge on any atom is 0.416 e. The van der Waals surface area contributed by atoms with E-state index in [0.717, 1.165) is 69.8 Å². The molecule has 3 heterocycles. The lowest BCUT2D eigenvalue weighted by Gasteiger charge is -2.30. The minimum absolute atomic E-state index is 0.0190. The predicted octanol–water partition coefficient (Wildman–Crippen LogP) is 5.02. The van der Waals surface area contributed by atoms with Crippen molar-refractivity contribution in [3.05, 3.63) is 35.8 Å². The Morgan fingerprint density at radius 2 is 1.79 bits per heavy atom. The third-order valence-electron chi connectivity index (χ3n) is 6.86. The minimum atomic E-state index is -4.58. The van der Waals surface area contributed by atoms with Crippen LogP contribution < -0.4 is 16.0 Å². The summed E-state index contributed by atoms with van der Waals surface area (Å²) in [5.74, 6) is 0.524. The number of nitrogens with one attached hydrogen (secondary N) is 1. The van der Waals surface area contributed by atoms with Gasteiger partial charge < -0.3 is 16.0 Å². The van der Waals surface area contributed by atoms with Crippen LogP contribution in [-0.4, -0.2) is 39.2 Å². The Balaban J connectivity index is 1.57. The number of fused-ring (bicyclic) bond motifs is 1. The number of aromatic nitrogens is 4. The Morgan fingerprint density at radius 3 is 2.47 bits per heavy atom. The van der Waals surface area contributed by atoms with Crippen LogP contribution in [-0.2, 0) is 6.18 Å². The van der Waals surface area contributed by atoms with Crippen molar-refractivity contribution in [3.63, 3.8) is 0 Å². The fourth-order valence-corrected chi connectivity index (χ4v) is 4.94. The first-order valence-electron chi connectivity index (χ1n) is 11.7. The molecular formula is C23H27F4N7. The van der Waals surface area contributed by atoms with Crippen molar-refractivity contribution in [1.29, 1.82) is 0 Å². The minimum Gasteiger partial charge on any atom is -0.341 e. The molecule has 0 bridgehead atoms. The van der Waals surface area contributed by atoms with Gasteiger partial charge in [0.1, 0.15) is 11.3 Å². The number of nitrogens with two attached hydrogens (primary N) is 1. The van der Waals surface area contributed by atoms with Gasteiger partial charge in [0.2, 0.25) is 11.9 Å². The zero-order valence-electron chi connectivity index (χ0n) is 18.7. The third-order valence-corrected chi connectivity index (χ3v) is 6.86. The van der Waals surface area contributed by atoms with Gasteiger partial charge in [0, 0.05) is 19.1 Å². The van der Waals surface area contributed by atoms with E-state index in [1.807, 2.05) is 4.57 Å². The first kappa shape index (κ1) is 22.8. The molecule has 1 aromatic carbocycles. The highest BCUT2D eigenvalue weighted by Gasteiger charge is 2.32. The highest BCUT2D eigenvalue weighted by Crippen LogP contribution is 2.38. The van der Waals surface area contributed by atoms with E-state index in [2.05, 4.69) is 20.2 Å².